The molecule has 0 bridgehead atoms. The average Bonchev–Trinajstić information content (AvgIpc) is 2.60. The molecule has 1 N–H and O–H groups in total. The number of nitrogens with zero attached hydrogens (tertiary/aromatic N) is 2. The van der Waals surface area contributed by atoms with E-state index >= 15 is 0 Å². The Morgan fingerprint density at radius 3 is 2.71 bits per heavy atom. The van der Waals surface area contributed by atoms with Crippen molar-refractivity contribution in [3.63, 3.8) is 0 Å². The van der Waals surface area contributed by atoms with E-state index in [4.69, 9.17) is 0 Å². The van der Waals surface area contributed by atoms with Crippen molar-refractivity contribution in [3.05, 3.63) is 24.3 Å². The minimum atomic E-state index is -3.47. The maximum absolute atomic E-state index is 13.0. The third kappa shape index (κ3) is 3.56. The molecule has 118 valence electrons. The second-order valence-electron chi connectivity index (χ2n) is 5.61. The van der Waals surface area contributed by atoms with Crippen LogP contribution in [-0.2, 0) is 10.0 Å². The first kappa shape index (κ1) is 16.3. The van der Waals surface area contributed by atoms with Crippen LogP contribution < -0.4 is 5.32 Å². The van der Waals surface area contributed by atoms with Crippen LogP contribution in [0.15, 0.2) is 29.2 Å². The van der Waals surface area contributed by atoms with E-state index in [1.807, 2.05) is 33.0 Å². The normalized spacial score (nSPS) is 22.0. The smallest absolute Gasteiger partial charge is 0.245 e. The molecule has 0 amide bonds. The van der Waals surface area contributed by atoms with Crippen LogP contribution in [0, 0.1) is 0 Å². The number of nitrogens with one attached hydrogen (secondary N) is 1. The zero-order valence-corrected chi connectivity index (χ0v) is 13.9. The molecular formula is C15H25N3O2S. The number of para-hydroxylation sites is 1. The topological polar surface area (TPSA) is 52.7 Å². The molecule has 1 atom stereocenters. The van der Waals surface area contributed by atoms with Gasteiger partial charge in [-0.15, -0.1) is 0 Å². The first-order chi connectivity index (χ1) is 9.96. The fraction of sp³-hybridized carbons (Fsp3) is 0.600. The summed E-state index contributed by atoms with van der Waals surface area (Å²) in [5.41, 5.74) is 0.685. The Morgan fingerprint density at radius 1 is 1.29 bits per heavy atom. The zero-order valence-electron chi connectivity index (χ0n) is 13.0. The second-order valence-corrected chi connectivity index (χ2v) is 7.47. The van der Waals surface area contributed by atoms with E-state index < -0.39 is 10.0 Å². The van der Waals surface area contributed by atoms with Crippen LogP contribution in [0.2, 0.25) is 0 Å². The van der Waals surface area contributed by atoms with Gasteiger partial charge in [-0.25, -0.2) is 8.42 Å². The summed E-state index contributed by atoms with van der Waals surface area (Å²) in [6.07, 6.45) is 0.865. The predicted molar refractivity (Wildman–Crippen MR) is 86.1 cm³/mol. The van der Waals surface area contributed by atoms with Crippen molar-refractivity contribution in [2.75, 3.05) is 38.5 Å². The van der Waals surface area contributed by atoms with E-state index in [2.05, 4.69) is 10.2 Å². The highest BCUT2D eigenvalue weighted by Gasteiger charge is 2.32. The van der Waals surface area contributed by atoms with Crippen molar-refractivity contribution in [1.82, 2.24) is 9.21 Å². The van der Waals surface area contributed by atoms with Gasteiger partial charge in [0.1, 0.15) is 4.90 Å². The summed E-state index contributed by atoms with van der Waals surface area (Å²) in [5.74, 6) is 0. The number of hydrogen-bond acceptors (Lipinski definition) is 4. The monoisotopic (exact) mass is 311 g/mol. The van der Waals surface area contributed by atoms with Crippen molar-refractivity contribution in [3.8, 4) is 0 Å². The quantitative estimate of drug-likeness (QED) is 0.922. The molecule has 0 saturated carbocycles. The maximum Gasteiger partial charge on any atom is 0.245 e. The van der Waals surface area contributed by atoms with E-state index in [9.17, 15) is 8.42 Å². The first-order valence-corrected chi connectivity index (χ1v) is 8.94. The Labute approximate surface area is 128 Å². The lowest BCUT2D eigenvalue weighted by Crippen LogP contribution is -2.42. The summed E-state index contributed by atoms with van der Waals surface area (Å²) in [6, 6.07) is 7.13. The maximum atomic E-state index is 13.0. The number of sulfonamides is 1. The van der Waals surface area contributed by atoms with Crippen molar-refractivity contribution in [2.45, 2.75) is 31.2 Å². The molecule has 1 saturated heterocycles. The molecule has 1 aromatic carbocycles. The summed E-state index contributed by atoms with van der Waals surface area (Å²) < 4.78 is 27.7. The molecule has 2 rings (SSSR count). The zero-order chi connectivity index (χ0) is 15.5. The van der Waals surface area contributed by atoms with Gasteiger partial charge in [-0.1, -0.05) is 12.1 Å². The standard InChI is InChI=1S/C15H25N3O2S/c1-4-16-14-8-5-6-9-15(14)21(19,20)18-11-7-10-17(3)12-13(18)2/h5-6,8-9,13,16H,4,7,10-12H2,1-3H3. The lowest BCUT2D eigenvalue weighted by molar-refractivity contribution is 0.290. The molecule has 1 fully saturated rings. The fourth-order valence-corrected chi connectivity index (χ4v) is 4.69. The highest BCUT2D eigenvalue weighted by atomic mass is 32.2. The third-order valence-electron chi connectivity index (χ3n) is 3.83. The Bertz CT molecular complexity index is 574. The van der Waals surface area contributed by atoms with Crippen molar-refractivity contribution < 1.29 is 8.42 Å². The van der Waals surface area contributed by atoms with Gasteiger partial charge in [0.2, 0.25) is 10.0 Å². The first-order valence-electron chi connectivity index (χ1n) is 7.50. The van der Waals surface area contributed by atoms with E-state index in [1.54, 1.807) is 16.4 Å². The summed E-state index contributed by atoms with van der Waals surface area (Å²) in [5, 5.41) is 3.14. The Kier molecular flexibility index (Phi) is 5.24. The molecule has 0 radical (unpaired) electrons. The van der Waals surface area contributed by atoms with E-state index in [0.717, 1.165) is 19.5 Å². The number of likely N-dealkylation sites (N-methyl/N-ethyl adjacent to an activating group) is 1. The van der Waals surface area contributed by atoms with Gasteiger partial charge >= 0.3 is 0 Å². The summed E-state index contributed by atoms with van der Waals surface area (Å²) in [6.45, 7) is 6.93. The van der Waals surface area contributed by atoms with Crippen LogP contribution in [0.25, 0.3) is 0 Å². The number of rotatable bonds is 4. The van der Waals surface area contributed by atoms with E-state index in [1.165, 1.54) is 0 Å². The summed E-state index contributed by atoms with van der Waals surface area (Å²) >= 11 is 0. The molecule has 1 heterocycles. The van der Waals surface area contributed by atoms with Crippen LogP contribution in [0.4, 0.5) is 5.69 Å². The van der Waals surface area contributed by atoms with Crippen molar-refractivity contribution in [1.29, 1.82) is 0 Å². The Balaban J connectivity index is 2.37. The van der Waals surface area contributed by atoms with Gasteiger partial charge in [-0.2, -0.15) is 4.31 Å². The molecule has 1 aliphatic heterocycles. The number of benzene rings is 1. The van der Waals surface area contributed by atoms with Crippen LogP contribution >= 0.6 is 0 Å². The van der Waals surface area contributed by atoms with Crippen LogP contribution in [0.3, 0.4) is 0 Å². The highest BCUT2D eigenvalue weighted by molar-refractivity contribution is 7.89. The van der Waals surface area contributed by atoms with Crippen LogP contribution in [0.5, 0.6) is 0 Å². The lowest BCUT2D eigenvalue weighted by Gasteiger charge is -2.28. The van der Waals surface area contributed by atoms with E-state index in [0.29, 0.717) is 23.7 Å². The molecule has 0 aliphatic carbocycles. The van der Waals surface area contributed by atoms with Gasteiger partial charge in [0.15, 0.2) is 0 Å². The molecular weight excluding hydrogens is 286 g/mol. The Morgan fingerprint density at radius 2 is 2.00 bits per heavy atom. The third-order valence-corrected chi connectivity index (χ3v) is 5.90. The minimum Gasteiger partial charge on any atom is -0.384 e. The van der Waals surface area contributed by atoms with Gasteiger partial charge in [-0.05, 0) is 46.0 Å². The number of anilines is 1. The molecule has 1 aliphatic rings. The largest absolute Gasteiger partial charge is 0.384 e. The Hall–Kier alpha value is -1.11. The summed E-state index contributed by atoms with van der Waals surface area (Å²) in [4.78, 5) is 2.57. The van der Waals surface area contributed by atoms with Gasteiger partial charge in [-0.3, -0.25) is 0 Å². The average molecular weight is 311 g/mol. The molecule has 0 aromatic heterocycles. The molecule has 1 aromatic rings. The molecule has 1 unspecified atom stereocenters. The predicted octanol–water partition coefficient (Wildman–Crippen LogP) is 1.83. The van der Waals surface area contributed by atoms with Gasteiger partial charge < -0.3 is 10.2 Å². The van der Waals surface area contributed by atoms with Crippen molar-refractivity contribution >= 4 is 15.7 Å². The molecule has 21 heavy (non-hydrogen) atoms. The SMILES string of the molecule is CCNc1ccccc1S(=O)(=O)N1CCCN(C)CC1C. The highest BCUT2D eigenvalue weighted by Crippen LogP contribution is 2.27. The fourth-order valence-electron chi connectivity index (χ4n) is 2.86. The second kappa shape index (κ2) is 6.77. The van der Waals surface area contributed by atoms with Crippen molar-refractivity contribution in [2.24, 2.45) is 0 Å². The van der Waals surface area contributed by atoms with Gasteiger partial charge in [0.25, 0.3) is 0 Å². The molecule has 5 nitrogen and oxygen atoms in total. The molecule has 0 spiro atoms. The number of hydrogen-bond donors (Lipinski definition) is 1. The minimum absolute atomic E-state index is 0.0165. The lowest BCUT2D eigenvalue weighted by atomic mass is 10.3. The molecule has 6 heteroatoms. The van der Waals surface area contributed by atoms with Crippen LogP contribution in [0.1, 0.15) is 20.3 Å². The van der Waals surface area contributed by atoms with Gasteiger partial charge in [0, 0.05) is 25.7 Å². The van der Waals surface area contributed by atoms with Crippen LogP contribution in [-0.4, -0.2) is 56.9 Å². The summed E-state index contributed by atoms with van der Waals surface area (Å²) in [7, 11) is -1.43. The van der Waals surface area contributed by atoms with E-state index in [-0.39, 0.29) is 6.04 Å². The van der Waals surface area contributed by atoms with Gasteiger partial charge in [0.05, 0.1) is 5.69 Å².